The quantitative estimate of drug-likeness (QED) is 0.618. The van der Waals surface area contributed by atoms with Crippen molar-refractivity contribution in [2.45, 2.75) is 39.5 Å². The molecule has 0 bridgehead atoms. The van der Waals surface area contributed by atoms with Crippen molar-refractivity contribution < 1.29 is 14.3 Å². The molecule has 1 saturated heterocycles. The van der Waals surface area contributed by atoms with Crippen LogP contribution < -0.4 is 4.74 Å². The SMILES string of the molecule is CCc1ccc(C(=O)N2CCN(C(=O)CCCCOc3cccc(C)c3)CC2)cc1. The Morgan fingerprint density at radius 3 is 2.30 bits per heavy atom. The molecule has 30 heavy (non-hydrogen) atoms. The summed E-state index contributed by atoms with van der Waals surface area (Å²) in [5.74, 6) is 1.11. The highest BCUT2D eigenvalue weighted by atomic mass is 16.5. The second kappa shape index (κ2) is 10.8. The number of ether oxygens (including phenoxy) is 1. The third kappa shape index (κ3) is 6.09. The van der Waals surface area contributed by atoms with Crippen LogP contribution in [0.25, 0.3) is 0 Å². The second-order valence-electron chi connectivity index (χ2n) is 7.85. The third-order valence-electron chi connectivity index (χ3n) is 5.57. The van der Waals surface area contributed by atoms with Crippen LogP contribution in [-0.4, -0.2) is 54.4 Å². The van der Waals surface area contributed by atoms with Crippen LogP contribution >= 0.6 is 0 Å². The van der Waals surface area contributed by atoms with Crippen LogP contribution in [0, 0.1) is 6.92 Å². The second-order valence-corrected chi connectivity index (χ2v) is 7.85. The first kappa shape index (κ1) is 21.9. The van der Waals surface area contributed by atoms with Crippen LogP contribution in [0.1, 0.15) is 47.7 Å². The maximum Gasteiger partial charge on any atom is 0.253 e. The highest BCUT2D eigenvalue weighted by molar-refractivity contribution is 5.94. The number of nitrogens with zero attached hydrogens (tertiary/aromatic N) is 2. The minimum atomic E-state index is 0.0537. The highest BCUT2D eigenvalue weighted by Crippen LogP contribution is 2.14. The molecule has 1 aliphatic heterocycles. The summed E-state index contributed by atoms with van der Waals surface area (Å²) in [6.45, 7) is 7.17. The van der Waals surface area contributed by atoms with Gasteiger partial charge in [0, 0.05) is 38.2 Å². The molecule has 2 aromatic carbocycles. The molecule has 2 aromatic rings. The lowest BCUT2D eigenvalue weighted by Gasteiger charge is -2.35. The van der Waals surface area contributed by atoms with Gasteiger partial charge in [0.25, 0.3) is 5.91 Å². The molecule has 0 spiro atoms. The van der Waals surface area contributed by atoms with Crippen LogP contribution in [0.15, 0.2) is 48.5 Å². The Morgan fingerprint density at radius 2 is 1.63 bits per heavy atom. The topological polar surface area (TPSA) is 49.9 Å². The van der Waals surface area contributed by atoms with Crippen molar-refractivity contribution in [3.8, 4) is 5.75 Å². The normalized spacial score (nSPS) is 13.9. The van der Waals surface area contributed by atoms with E-state index in [4.69, 9.17) is 4.74 Å². The molecule has 0 atom stereocenters. The molecular weight excluding hydrogens is 376 g/mol. The van der Waals surface area contributed by atoms with E-state index in [-0.39, 0.29) is 11.8 Å². The molecule has 5 heteroatoms. The van der Waals surface area contributed by atoms with Crippen molar-refractivity contribution in [2.24, 2.45) is 0 Å². The number of aryl methyl sites for hydroxylation is 2. The molecule has 0 aromatic heterocycles. The third-order valence-corrected chi connectivity index (χ3v) is 5.57. The van der Waals surface area contributed by atoms with Gasteiger partial charge in [0.2, 0.25) is 5.91 Å². The van der Waals surface area contributed by atoms with Crippen molar-refractivity contribution in [1.82, 2.24) is 9.80 Å². The molecule has 0 radical (unpaired) electrons. The van der Waals surface area contributed by atoms with Gasteiger partial charge in [-0.15, -0.1) is 0 Å². The molecule has 0 unspecified atom stereocenters. The van der Waals surface area contributed by atoms with Gasteiger partial charge in [-0.05, 0) is 61.6 Å². The van der Waals surface area contributed by atoms with Crippen LogP contribution in [-0.2, 0) is 11.2 Å². The lowest BCUT2D eigenvalue weighted by molar-refractivity contribution is -0.132. The number of carbonyl (C=O) groups is 2. The predicted molar refractivity (Wildman–Crippen MR) is 119 cm³/mol. The van der Waals surface area contributed by atoms with Crippen molar-refractivity contribution in [3.05, 3.63) is 65.2 Å². The first-order chi connectivity index (χ1) is 14.6. The Morgan fingerprint density at radius 1 is 0.933 bits per heavy atom. The summed E-state index contributed by atoms with van der Waals surface area (Å²) < 4.78 is 5.74. The van der Waals surface area contributed by atoms with Gasteiger partial charge in [-0.1, -0.05) is 31.2 Å². The molecule has 5 nitrogen and oxygen atoms in total. The molecule has 1 fully saturated rings. The molecule has 0 saturated carbocycles. The van der Waals surface area contributed by atoms with Crippen molar-refractivity contribution >= 4 is 11.8 Å². The van der Waals surface area contributed by atoms with Crippen molar-refractivity contribution in [2.75, 3.05) is 32.8 Å². The van der Waals surface area contributed by atoms with E-state index in [1.54, 1.807) is 0 Å². The van der Waals surface area contributed by atoms with Crippen LogP contribution in [0.5, 0.6) is 5.75 Å². The largest absolute Gasteiger partial charge is 0.494 e. The molecule has 2 amide bonds. The van der Waals surface area contributed by atoms with Crippen molar-refractivity contribution in [3.63, 3.8) is 0 Å². The summed E-state index contributed by atoms with van der Waals surface area (Å²) in [6.07, 6.45) is 3.16. The summed E-state index contributed by atoms with van der Waals surface area (Å²) >= 11 is 0. The summed E-state index contributed by atoms with van der Waals surface area (Å²) in [5.41, 5.74) is 3.13. The zero-order chi connectivity index (χ0) is 21.3. The minimum Gasteiger partial charge on any atom is -0.494 e. The molecule has 1 heterocycles. The van der Waals surface area contributed by atoms with E-state index in [2.05, 4.69) is 6.92 Å². The Balaban J connectivity index is 1.35. The molecule has 3 rings (SSSR count). The van der Waals surface area contributed by atoms with E-state index < -0.39 is 0 Å². The van der Waals surface area contributed by atoms with Crippen LogP contribution in [0.3, 0.4) is 0 Å². The first-order valence-electron chi connectivity index (χ1n) is 10.9. The summed E-state index contributed by atoms with van der Waals surface area (Å²) in [5, 5.41) is 0. The van der Waals surface area contributed by atoms with Gasteiger partial charge in [0.1, 0.15) is 5.75 Å². The Kier molecular flexibility index (Phi) is 7.89. The highest BCUT2D eigenvalue weighted by Gasteiger charge is 2.24. The number of piperazine rings is 1. The van der Waals surface area contributed by atoms with Gasteiger partial charge in [-0.2, -0.15) is 0 Å². The number of hydrogen-bond acceptors (Lipinski definition) is 3. The monoisotopic (exact) mass is 408 g/mol. The van der Waals surface area contributed by atoms with E-state index in [1.165, 1.54) is 11.1 Å². The lowest BCUT2D eigenvalue weighted by atomic mass is 10.1. The Labute approximate surface area is 179 Å². The number of amides is 2. The van der Waals surface area contributed by atoms with E-state index in [0.29, 0.717) is 39.2 Å². The molecule has 160 valence electrons. The van der Waals surface area contributed by atoms with E-state index in [0.717, 1.165) is 30.6 Å². The van der Waals surface area contributed by atoms with Gasteiger partial charge < -0.3 is 14.5 Å². The van der Waals surface area contributed by atoms with Crippen LogP contribution in [0.4, 0.5) is 0 Å². The minimum absolute atomic E-state index is 0.0537. The zero-order valence-electron chi connectivity index (χ0n) is 18.1. The van der Waals surface area contributed by atoms with E-state index in [1.807, 2.05) is 65.3 Å². The van der Waals surface area contributed by atoms with Gasteiger partial charge in [0.05, 0.1) is 6.61 Å². The fraction of sp³-hybridized carbons (Fsp3) is 0.440. The fourth-order valence-corrected chi connectivity index (χ4v) is 3.66. The average molecular weight is 409 g/mol. The maximum atomic E-state index is 12.7. The standard InChI is InChI=1S/C25H32N2O3/c1-3-21-10-12-22(13-11-21)25(29)27-16-14-26(15-17-27)24(28)9-4-5-18-30-23-8-6-7-20(2)19-23/h6-8,10-13,19H,3-5,9,14-18H2,1-2H3. The lowest BCUT2D eigenvalue weighted by Crippen LogP contribution is -2.50. The van der Waals surface area contributed by atoms with Gasteiger partial charge >= 0.3 is 0 Å². The van der Waals surface area contributed by atoms with Crippen LogP contribution in [0.2, 0.25) is 0 Å². The summed E-state index contributed by atoms with van der Waals surface area (Å²) in [7, 11) is 0. The summed E-state index contributed by atoms with van der Waals surface area (Å²) in [4.78, 5) is 28.9. The predicted octanol–water partition coefficient (Wildman–Crippen LogP) is 4.09. The summed E-state index contributed by atoms with van der Waals surface area (Å²) in [6, 6.07) is 15.8. The Hall–Kier alpha value is -2.82. The zero-order valence-corrected chi connectivity index (χ0v) is 18.1. The number of carbonyl (C=O) groups excluding carboxylic acids is 2. The van der Waals surface area contributed by atoms with Gasteiger partial charge in [-0.25, -0.2) is 0 Å². The Bertz CT molecular complexity index is 840. The molecule has 1 aliphatic rings. The van der Waals surface area contributed by atoms with E-state index >= 15 is 0 Å². The molecular formula is C25H32N2O3. The molecule has 0 aliphatic carbocycles. The number of hydrogen-bond donors (Lipinski definition) is 0. The smallest absolute Gasteiger partial charge is 0.253 e. The van der Waals surface area contributed by atoms with Gasteiger partial charge in [-0.3, -0.25) is 9.59 Å². The number of unbranched alkanes of at least 4 members (excludes halogenated alkanes) is 1. The van der Waals surface area contributed by atoms with Gasteiger partial charge in [0.15, 0.2) is 0 Å². The number of rotatable bonds is 8. The fourth-order valence-electron chi connectivity index (χ4n) is 3.66. The maximum absolute atomic E-state index is 12.7. The average Bonchev–Trinajstić information content (AvgIpc) is 2.78. The van der Waals surface area contributed by atoms with Crippen molar-refractivity contribution in [1.29, 1.82) is 0 Å². The number of benzene rings is 2. The molecule has 0 N–H and O–H groups in total. The van der Waals surface area contributed by atoms with E-state index in [9.17, 15) is 9.59 Å². The first-order valence-corrected chi connectivity index (χ1v) is 10.9.